The fourth-order valence-electron chi connectivity index (χ4n) is 4.09. The van der Waals surface area contributed by atoms with Gasteiger partial charge in [0.1, 0.15) is 29.7 Å². The van der Waals surface area contributed by atoms with Crippen molar-refractivity contribution in [2.24, 2.45) is 0 Å². The molecule has 5 rings (SSSR count). The lowest BCUT2D eigenvalue weighted by atomic mass is 10.2. The van der Waals surface area contributed by atoms with Crippen molar-refractivity contribution in [2.75, 3.05) is 18.4 Å². The van der Waals surface area contributed by atoms with Crippen LogP contribution in [0.15, 0.2) is 41.6 Å². The van der Waals surface area contributed by atoms with Gasteiger partial charge in [0.25, 0.3) is 10.0 Å². The summed E-state index contributed by atoms with van der Waals surface area (Å²) in [7, 11) is -2.91. The fraction of sp³-hybridized carbons (Fsp3) is 0.333. The van der Waals surface area contributed by atoms with E-state index in [2.05, 4.69) is 24.8 Å². The Morgan fingerprint density at radius 3 is 2.84 bits per heavy atom. The number of aromatic nitrogens is 5. The largest absolute Gasteiger partial charge is 0.486 e. The number of hydrogen-bond donors (Lipinski definition) is 1. The minimum atomic E-state index is -4.19. The van der Waals surface area contributed by atoms with E-state index in [1.165, 1.54) is 31.6 Å². The van der Waals surface area contributed by atoms with Gasteiger partial charge in [0, 0.05) is 18.2 Å². The number of nitrogens with one attached hydrogen (secondary N) is 1. The molecule has 1 unspecified atom stereocenters. The molecule has 38 heavy (non-hydrogen) atoms. The highest BCUT2D eigenvalue weighted by Crippen LogP contribution is 2.29. The summed E-state index contributed by atoms with van der Waals surface area (Å²) >= 11 is 5.91. The van der Waals surface area contributed by atoms with Crippen molar-refractivity contribution in [3.8, 4) is 11.6 Å². The quantitative estimate of drug-likeness (QED) is 0.332. The standard InChI is InChI=1S/C24H24ClFN6O5S/c1-14-17-10-16(12-27-23(17)32(30-14)22-5-3-4-8-36-22)37-13-19-18(26)6-7-21(29-19)31-38(33,34)20-9-15(25)11-28-24(20)35-2/h6-7,9-12,22H,3-5,8,13H2,1-2H3,(H,29,31). The first-order valence-corrected chi connectivity index (χ1v) is 13.6. The number of ether oxygens (including phenoxy) is 3. The Balaban J connectivity index is 1.34. The third-order valence-electron chi connectivity index (χ3n) is 5.94. The van der Waals surface area contributed by atoms with E-state index in [4.69, 9.17) is 25.8 Å². The van der Waals surface area contributed by atoms with Gasteiger partial charge in [-0.15, -0.1) is 0 Å². The van der Waals surface area contributed by atoms with E-state index in [1.807, 2.05) is 6.92 Å². The Morgan fingerprint density at radius 2 is 2.08 bits per heavy atom. The van der Waals surface area contributed by atoms with Gasteiger partial charge in [-0.3, -0.25) is 4.72 Å². The molecule has 1 atom stereocenters. The zero-order chi connectivity index (χ0) is 26.9. The minimum absolute atomic E-state index is 0.102. The molecule has 14 heteroatoms. The third kappa shape index (κ3) is 5.35. The van der Waals surface area contributed by atoms with Crippen LogP contribution in [0.5, 0.6) is 11.6 Å². The molecule has 0 aliphatic carbocycles. The van der Waals surface area contributed by atoms with Gasteiger partial charge >= 0.3 is 0 Å². The number of rotatable bonds is 8. The molecular formula is C24H24ClFN6O5S. The molecule has 0 saturated carbocycles. The molecule has 0 bridgehead atoms. The summed E-state index contributed by atoms with van der Waals surface area (Å²) in [6, 6.07) is 5.25. The van der Waals surface area contributed by atoms with Crippen LogP contribution in [0.1, 0.15) is 36.9 Å². The maximum Gasteiger partial charge on any atom is 0.268 e. The predicted octanol–water partition coefficient (Wildman–Crippen LogP) is 4.41. The smallest absolute Gasteiger partial charge is 0.268 e. The molecule has 0 aromatic carbocycles. The topological polar surface area (TPSA) is 130 Å². The van der Waals surface area contributed by atoms with E-state index in [0.29, 0.717) is 18.0 Å². The van der Waals surface area contributed by atoms with Crippen molar-refractivity contribution >= 4 is 38.5 Å². The molecule has 1 saturated heterocycles. The monoisotopic (exact) mass is 562 g/mol. The van der Waals surface area contributed by atoms with Crippen LogP contribution < -0.4 is 14.2 Å². The first-order chi connectivity index (χ1) is 18.2. The summed E-state index contributed by atoms with van der Waals surface area (Å²) in [4.78, 5) is 12.2. The van der Waals surface area contributed by atoms with E-state index in [9.17, 15) is 12.8 Å². The lowest BCUT2D eigenvalue weighted by Gasteiger charge is -2.23. The number of fused-ring (bicyclic) bond motifs is 1. The van der Waals surface area contributed by atoms with Gasteiger partial charge in [-0.05, 0) is 50.5 Å². The lowest BCUT2D eigenvalue weighted by Crippen LogP contribution is -2.19. The van der Waals surface area contributed by atoms with Crippen LogP contribution in [0.4, 0.5) is 10.2 Å². The average molecular weight is 563 g/mol. The average Bonchev–Trinajstić information content (AvgIpc) is 3.25. The molecule has 0 spiro atoms. The number of anilines is 1. The number of nitrogens with zero attached hydrogens (tertiary/aromatic N) is 5. The van der Waals surface area contributed by atoms with Crippen molar-refractivity contribution in [2.45, 2.75) is 43.9 Å². The second-order valence-electron chi connectivity index (χ2n) is 8.57. The second kappa shape index (κ2) is 10.7. The summed E-state index contributed by atoms with van der Waals surface area (Å²) in [6.07, 6.45) is 5.57. The summed E-state index contributed by atoms with van der Waals surface area (Å²) in [5.74, 6) is -0.552. The van der Waals surface area contributed by atoms with Crippen LogP contribution in [0.3, 0.4) is 0 Å². The maximum atomic E-state index is 14.5. The van der Waals surface area contributed by atoms with Gasteiger partial charge in [0.05, 0.1) is 24.0 Å². The number of pyridine rings is 3. The first-order valence-electron chi connectivity index (χ1n) is 11.7. The Labute approximate surface area is 223 Å². The fourth-order valence-corrected chi connectivity index (χ4v) is 5.46. The predicted molar refractivity (Wildman–Crippen MR) is 136 cm³/mol. The van der Waals surface area contributed by atoms with E-state index in [0.717, 1.165) is 36.4 Å². The normalized spacial score (nSPS) is 15.9. The van der Waals surface area contributed by atoms with Gasteiger partial charge in [0.15, 0.2) is 16.8 Å². The molecule has 1 fully saturated rings. The van der Waals surface area contributed by atoms with E-state index in [-0.39, 0.29) is 40.1 Å². The van der Waals surface area contributed by atoms with Gasteiger partial charge in [0.2, 0.25) is 5.88 Å². The van der Waals surface area contributed by atoms with E-state index >= 15 is 0 Å². The second-order valence-corrected chi connectivity index (χ2v) is 10.7. The van der Waals surface area contributed by atoms with Crippen LogP contribution in [0, 0.1) is 12.7 Å². The highest BCUT2D eigenvalue weighted by Gasteiger charge is 2.23. The molecular weight excluding hydrogens is 539 g/mol. The number of aryl methyl sites for hydroxylation is 1. The lowest BCUT2D eigenvalue weighted by molar-refractivity contribution is -0.0371. The van der Waals surface area contributed by atoms with Crippen LogP contribution in [0.25, 0.3) is 11.0 Å². The van der Waals surface area contributed by atoms with E-state index < -0.39 is 15.8 Å². The molecule has 5 heterocycles. The third-order valence-corrected chi connectivity index (χ3v) is 7.49. The molecule has 1 aliphatic heterocycles. The molecule has 1 N–H and O–H groups in total. The molecule has 200 valence electrons. The molecule has 1 aliphatic rings. The zero-order valence-corrected chi connectivity index (χ0v) is 22.1. The Hall–Kier alpha value is -3.55. The Kier molecular flexibility index (Phi) is 7.32. The first kappa shape index (κ1) is 26.1. The van der Waals surface area contributed by atoms with Crippen LogP contribution in [-0.4, -0.2) is 46.9 Å². The molecule has 11 nitrogen and oxygen atoms in total. The van der Waals surface area contributed by atoms with Crippen molar-refractivity contribution in [1.82, 2.24) is 24.7 Å². The minimum Gasteiger partial charge on any atom is -0.486 e. The molecule has 4 aromatic rings. The highest BCUT2D eigenvalue weighted by molar-refractivity contribution is 7.92. The zero-order valence-electron chi connectivity index (χ0n) is 20.5. The van der Waals surface area contributed by atoms with Crippen LogP contribution >= 0.6 is 11.6 Å². The van der Waals surface area contributed by atoms with Crippen molar-refractivity contribution in [3.63, 3.8) is 0 Å². The van der Waals surface area contributed by atoms with Gasteiger partial charge < -0.3 is 14.2 Å². The maximum absolute atomic E-state index is 14.5. The van der Waals surface area contributed by atoms with Crippen molar-refractivity contribution in [1.29, 1.82) is 0 Å². The van der Waals surface area contributed by atoms with Crippen molar-refractivity contribution in [3.05, 3.63) is 58.9 Å². The number of halogens is 2. The summed E-state index contributed by atoms with van der Waals surface area (Å²) in [5.41, 5.74) is 1.33. The van der Waals surface area contributed by atoms with Gasteiger partial charge in [-0.1, -0.05) is 11.6 Å². The van der Waals surface area contributed by atoms with Crippen LogP contribution in [-0.2, 0) is 21.4 Å². The van der Waals surface area contributed by atoms with Gasteiger partial charge in [-0.2, -0.15) is 5.10 Å². The number of methoxy groups -OCH3 is 1. The molecule has 4 aromatic heterocycles. The van der Waals surface area contributed by atoms with E-state index in [1.54, 1.807) is 10.7 Å². The summed E-state index contributed by atoms with van der Waals surface area (Å²) in [5, 5.41) is 5.48. The molecule has 0 amide bonds. The summed E-state index contributed by atoms with van der Waals surface area (Å²) < 4.78 is 61.0. The Bertz CT molecular complexity index is 1590. The Morgan fingerprint density at radius 1 is 1.24 bits per heavy atom. The van der Waals surface area contributed by atoms with Gasteiger partial charge in [-0.25, -0.2) is 32.4 Å². The van der Waals surface area contributed by atoms with Crippen LogP contribution in [0.2, 0.25) is 5.02 Å². The summed E-state index contributed by atoms with van der Waals surface area (Å²) in [6.45, 7) is 2.29. The molecule has 0 radical (unpaired) electrons. The number of sulfonamides is 1. The SMILES string of the molecule is COc1ncc(Cl)cc1S(=O)(=O)Nc1ccc(F)c(COc2cnc3c(c2)c(C)nn3C2CCCCO2)n1. The highest BCUT2D eigenvalue weighted by atomic mass is 35.5. The van der Waals surface area contributed by atoms with Crippen molar-refractivity contribution < 1.29 is 27.0 Å². The number of hydrogen-bond acceptors (Lipinski definition) is 9.